The fraction of sp³-hybridized carbons (Fsp3) is 0.144. The Kier molecular flexibility index (Phi) is 22.6. The molecule has 0 saturated heterocycles. The minimum Gasteiger partial charge on any atom is -0.457 e. The molecular weight excluding hydrogens is 1600 g/mol. The summed E-state index contributed by atoms with van der Waals surface area (Å²) in [6, 6.07) is 60.7. The van der Waals surface area contributed by atoms with E-state index in [1.807, 2.05) is 103 Å². The number of hydrogen-bond acceptors (Lipinski definition) is 23. The van der Waals surface area contributed by atoms with E-state index < -0.39 is 55.2 Å². The van der Waals surface area contributed by atoms with Gasteiger partial charge in [-0.3, -0.25) is 48.5 Å². The van der Waals surface area contributed by atoms with Gasteiger partial charge in [-0.25, -0.2) is 51.6 Å². The largest absolute Gasteiger partial charge is 0.457 e. The predicted octanol–water partition coefficient (Wildman–Crippen LogP) is 9.65. The minimum atomic E-state index is -3.83. The Morgan fingerprint density at radius 2 is 0.685 bits per heavy atom. The number of rotatable bonds is 20. The normalized spacial score (nSPS) is 13.3. The summed E-state index contributed by atoms with van der Waals surface area (Å²) in [5.41, 5.74) is 0.905. The first-order valence-corrected chi connectivity index (χ1v) is 40.9. The molecule has 0 radical (unpaired) electrons. The van der Waals surface area contributed by atoms with Gasteiger partial charge in [0.25, 0.3) is 29.8 Å². The third kappa shape index (κ3) is 18.3. The third-order valence-electron chi connectivity index (χ3n) is 19.7. The van der Waals surface area contributed by atoms with Crippen molar-refractivity contribution in [2.45, 2.75) is 85.3 Å². The first kappa shape index (κ1) is 80.2. The van der Waals surface area contributed by atoms with Crippen LogP contribution >= 0.6 is 0 Å². The Morgan fingerprint density at radius 1 is 0.363 bits per heavy atom. The number of sulfone groups is 1. The summed E-state index contributed by atoms with van der Waals surface area (Å²) in [6.07, 6.45) is 22.9. The quantitative estimate of drug-likeness (QED) is 0.0350. The van der Waals surface area contributed by atoms with Crippen molar-refractivity contribution in [3.63, 3.8) is 0 Å². The number of nitrogens with zero attached hydrogens (tertiary/aromatic N) is 15. The number of aromatic nitrogens is 15. The van der Waals surface area contributed by atoms with Crippen LogP contribution in [0.2, 0.25) is 0 Å². The van der Waals surface area contributed by atoms with Gasteiger partial charge in [0.1, 0.15) is 30.0 Å². The second-order valence-corrected chi connectivity index (χ2v) is 31.2. The molecule has 4 saturated carbocycles. The van der Waals surface area contributed by atoms with E-state index in [1.54, 1.807) is 134 Å². The van der Waals surface area contributed by atoms with Crippen LogP contribution in [0.4, 0.5) is 0 Å². The van der Waals surface area contributed by atoms with E-state index in [1.165, 1.54) is 67.9 Å². The Labute approximate surface area is 703 Å². The Bertz CT molecular complexity index is 7040. The highest BCUT2D eigenvalue weighted by atomic mass is 32.2. The van der Waals surface area contributed by atoms with Crippen molar-refractivity contribution in [3.05, 3.63) is 338 Å². The molecular formula is C90H73N19O14S+2. The lowest BCUT2D eigenvalue weighted by Crippen LogP contribution is -2.33. The van der Waals surface area contributed by atoms with Gasteiger partial charge >= 0.3 is 0 Å². The number of carbonyl (C=O) groups excluding carboxylic acids is 4. The van der Waals surface area contributed by atoms with Crippen molar-refractivity contribution in [1.82, 2.24) is 85.3 Å². The van der Waals surface area contributed by atoms with Crippen molar-refractivity contribution >= 4 is 77.6 Å². The molecule has 16 aromatic rings. The molecule has 20 rings (SSSR count). The molecule has 5 aromatic carbocycles. The molecule has 4 amide bonds. The molecule has 34 heteroatoms. The molecule has 0 bridgehead atoms. The Morgan fingerprint density at radius 3 is 1.04 bits per heavy atom. The van der Waals surface area contributed by atoms with Crippen LogP contribution in [0.5, 0.6) is 34.5 Å². The van der Waals surface area contributed by atoms with Crippen LogP contribution in [0.25, 0.3) is 66.9 Å². The van der Waals surface area contributed by atoms with Crippen molar-refractivity contribution in [1.29, 1.82) is 0 Å². The standard InChI is InChI=1S/C23H19N5O3.C23H18N4O3.C22H17N5O4S.C22H17N5O4/c1-27-12-4-7-18(14-27)31-17-6-2-5-16(13-17)28-22-19(8-3-11-24-22)21(29)20(26-28)23(30)25-15-9-10-15;28-21-19-10-5-13-24-22(19)27(26-20(21)23(29)25-15-11-12-15)16-6-4-9-18(14-16)30-17-7-2-1-3-8-17;28-20-18-7-3-11-24-21(18)27(26-19(20)22(29)25-14-8-9-14)15-4-1-5-16(12-15)32(30,31)17-6-2-10-23-13-17;28-20-18-7-2-10-23-21(18)27(25-19(20)22(29)24-14-8-9-14)15-4-1-5-16(12-15)31-17-6-3-11-26(30)13-17/h2-8,11-15H,9-10H2,1H3;1-10,13-15H,11-12H2,(H,25,29);1-7,10-14H,8-9H2,(H,25,29);1-7,10-14H,8-9H2,(H-,24,29,30)/p+2. The molecule has 4 aliphatic carbocycles. The van der Waals surface area contributed by atoms with Crippen molar-refractivity contribution in [2.24, 2.45) is 7.05 Å². The summed E-state index contributed by atoms with van der Waals surface area (Å²) in [4.78, 5) is 123. The number of para-hydroxylation sites is 1. The van der Waals surface area contributed by atoms with Gasteiger partial charge in [0.2, 0.25) is 43.9 Å². The SMILES string of the molecule is C[n+]1cccc(Oc2cccc(-n3nc(C(=O)NC4CC4)c(=O)c4cccnc43)c2)c1.O=C(NC1CC1)c1nn(-c2cccc(Oc3ccc[n+](O)c3)c2)c2ncccc2c1=O.O=C(NC1CC1)c1nn(-c2cccc(Oc3ccccc3)c2)c2ncccc2c1=O.O=C(NC1CC1)c1nn(-c2cccc(S(=O)(=O)c3cccnc3)c2)c2ncccc2c1=O. The molecule has 124 heavy (non-hydrogen) atoms. The number of carbonyl (C=O) groups is 4. The number of ether oxygens (including phenoxy) is 3. The first-order valence-electron chi connectivity index (χ1n) is 39.4. The molecule has 0 atom stereocenters. The number of amides is 4. The van der Waals surface area contributed by atoms with E-state index in [4.69, 9.17) is 14.2 Å². The molecule has 0 unspecified atom stereocenters. The lowest BCUT2D eigenvalue weighted by atomic mass is 10.2. The number of fused-ring (bicyclic) bond motifs is 4. The number of pyridine rings is 7. The molecule has 5 N–H and O–H groups in total. The van der Waals surface area contributed by atoms with E-state index in [0.717, 1.165) is 56.1 Å². The predicted molar refractivity (Wildman–Crippen MR) is 450 cm³/mol. The maximum Gasteiger partial charge on any atom is 0.276 e. The van der Waals surface area contributed by atoms with Gasteiger partial charge in [0, 0.05) is 96.4 Å². The molecule has 0 aliphatic heterocycles. The van der Waals surface area contributed by atoms with Crippen molar-refractivity contribution in [3.8, 4) is 57.2 Å². The van der Waals surface area contributed by atoms with Crippen LogP contribution in [-0.4, -0.2) is 125 Å². The zero-order valence-electron chi connectivity index (χ0n) is 65.8. The van der Waals surface area contributed by atoms with Crippen LogP contribution < -0.4 is 66.5 Å². The molecule has 33 nitrogen and oxygen atoms in total. The average molecular weight is 1680 g/mol. The van der Waals surface area contributed by atoms with Crippen LogP contribution in [0, 0.1) is 0 Å². The number of benzene rings is 5. The van der Waals surface area contributed by atoms with Gasteiger partial charge < -0.3 is 35.5 Å². The monoisotopic (exact) mass is 1680 g/mol. The molecule has 4 aliphatic rings. The second kappa shape index (κ2) is 35.0. The first-order chi connectivity index (χ1) is 60.3. The fourth-order valence-corrected chi connectivity index (χ4v) is 14.2. The fourth-order valence-electron chi connectivity index (χ4n) is 13.0. The van der Waals surface area contributed by atoms with Gasteiger partial charge in [-0.1, -0.05) is 42.5 Å². The second-order valence-electron chi connectivity index (χ2n) is 29.3. The lowest BCUT2D eigenvalue weighted by molar-refractivity contribution is -0.904. The maximum absolute atomic E-state index is 13.0. The smallest absolute Gasteiger partial charge is 0.276 e. The number of hydrogen-bond donors (Lipinski definition) is 5. The highest BCUT2D eigenvalue weighted by Crippen LogP contribution is 2.31. The number of aryl methyl sites for hydroxylation is 1. The summed E-state index contributed by atoms with van der Waals surface area (Å²) >= 11 is 0. The van der Waals surface area contributed by atoms with Gasteiger partial charge in [0.05, 0.1) is 54.1 Å². The molecule has 4 fully saturated rings. The topological polar surface area (TPSA) is 410 Å². The average Bonchev–Trinajstić information content (AvgIpc) is 1.78. The zero-order chi connectivity index (χ0) is 85.5. The summed E-state index contributed by atoms with van der Waals surface area (Å²) in [7, 11) is -1.91. The Hall–Kier alpha value is -16.3. The van der Waals surface area contributed by atoms with Crippen molar-refractivity contribution < 1.29 is 56.3 Å². The van der Waals surface area contributed by atoms with Gasteiger partial charge in [0.15, 0.2) is 63.1 Å². The molecule has 616 valence electrons. The molecule has 0 spiro atoms. The summed E-state index contributed by atoms with van der Waals surface area (Å²) in [6.45, 7) is 0. The van der Waals surface area contributed by atoms with Gasteiger partial charge in [-0.2, -0.15) is 20.4 Å². The molecule has 11 heterocycles. The summed E-state index contributed by atoms with van der Waals surface area (Å²) in [5.74, 6) is 1.53. The van der Waals surface area contributed by atoms with E-state index in [-0.39, 0.29) is 67.8 Å². The van der Waals surface area contributed by atoms with E-state index in [2.05, 4.69) is 66.6 Å². The van der Waals surface area contributed by atoms with Crippen molar-refractivity contribution in [2.75, 3.05) is 0 Å². The highest BCUT2D eigenvalue weighted by Gasteiger charge is 2.32. The van der Waals surface area contributed by atoms with E-state index in [0.29, 0.717) is 90.3 Å². The summed E-state index contributed by atoms with van der Waals surface area (Å²) in [5, 5.41) is 39.4. The number of nitrogens with one attached hydrogen (secondary N) is 4. The maximum atomic E-state index is 13.0. The van der Waals surface area contributed by atoms with E-state index in [9.17, 15) is 52.0 Å². The van der Waals surface area contributed by atoms with Crippen LogP contribution in [-0.2, 0) is 16.9 Å². The molecule has 11 aromatic heterocycles. The lowest BCUT2D eigenvalue weighted by Gasteiger charge is -2.13. The van der Waals surface area contributed by atoms with Crippen LogP contribution in [0.1, 0.15) is 93.3 Å². The Balaban J connectivity index is 0.000000117. The van der Waals surface area contributed by atoms with E-state index >= 15 is 0 Å². The third-order valence-corrected chi connectivity index (χ3v) is 21.5. The summed E-state index contributed by atoms with van der Waals surface area (Å²) < 4.78 is 52.4. The zero-order valence-corrected chi connectivity index (χ0v) is 66.6. The van der Waals surface area contributed by atoms with Crippen LogP contribution in [0.15, 0.2) is 303 Å². The highest BCUT2D eigenvalue weighted by molar-refractivity contribution is 7.91. The van der Waals surface area contributed by atoms with Gasteiger partial charge in [-0.05, 0) is 191 Å². The minimum absolute atomic E-state index is 0.0246. The van der Waals surface area contributed by atoms with Crippen LogP contribution in [0.3, 0.4) is 0 Å². The van der Waals surface area contributed by atoms with Gasteiger partial charge in [-0.15, -0.1) is 0 Å².